The van der Waals surface area contributed by atoms with Crippen molar-refractivity contribution in [2.24, 2.45) is 0 Å². The Hall–Kier alpha value is -2.71. The van der Waals surface area contributed by atoms with Gasteiger partial charge in [0.25, 0.3) is 0 Å². The molecule has 28 heavy (non-hydrogen) atoms. The molecule has 8 heteroatoms. The average Bonchev–Trinajstić information content (AvgIpc) is 3.21. The van der Waals surface area contributed by atoms with Crippen LogP contribution in [-0.2, 0) is 18.0 Å². The molecule has 2 N–H and O–H groups in total. The van der Waals surface area contributed by atoms with Crippen molar-refractivity contribution in [3.8, 4) is 0 Å². The van der Waals surface area contributed by atoms with Gasteiger partial charge in [0.15, 0.2) is 5.11 Å². The zero-order chi connectivity index (χ0) is 20.1. The molecule has 0 fully saturated rings. The average molecular weight is 399 g/mol. The van der Waals surface area contributed by atoms with Gasteiger partial charge in [0.2, 0.25) is 0 Å². The van der Waals surface area contributed by atoms with Gasteiger partial charge in [0, 0.05) is 6.61 Å². The highest BCUT2D eigenvalue weighted by Crippen LogP contribution is 2.21. The van der Waals surface area contributed by atoms with E-state index in [1.807, 2.05) is 37.7 Å². The first kappa shape index (κ1) is 20.0. The smallest absolute Gasteiger partial charge is 0.175 e. The molecule has 0 saturated heterocycles. The number of thiocarbonyl (C=S) groups is 1. The number of aryl methyl sites for hydroxylation is 2. The lowest BCUT2D eigenvalue weighted by Crippen LogP contribution is -2.19. The van der Waals surface area contributed by atoms with Crippen molar-refractivity contribution in [1.82, 2.24) is 19.6 Å². The minimum Gasteiger partial charge on any atom is -0.360 e. The summed E-state index contributed by atoms with van der Waals surface area (Å²) in [6.45, 7) is 9.88. The Labute approximate surface area is 170 Å². The molecule has 0 atom stereocenters. The van der Waals surface area contributed by atoms with E-state index in [1.54, 1.807) is 10.9 Å². The molecular formula is C20H26N6OS. The first-order valence-corrected chi connectivity index (χ1v) is 9.65. The lowest BCUT2D eigenvalue weighted by molar-refractivity contribution is 0.0792. The molecule has 0 spiro atoms. The van der Waals surface area contributed by atoms with Gasteiger partial charge in [-0.05, 0) is 51.0 Å². The third-order valence-corrected chi connectivity index (χ3v) is 4.72. The van der Waals surface area contributed by atoms with Crippen molar-refractivity contribution in [1.29, 1.82) is 0 Å². The second-order valence-corrected chi connectivity index (χ2v) is 7.01. The van der Waals surface area contributed by atoms with Gasteiger partial charge in [0.1, 0.15) is 6.73 Å². The van der Waals surface area contributed by atoms with Gasteiger partial charge in [-0.15, -0.1) is 0 Å². The van der Waals surface area contributed by atoms with Crippen LogP contribution in [0.4, 0.5) is 11.4 Å². The van der Waals surface area contributed by atoms with Crippen molar-refractivity contribution >= 4 is 28.7 Å². The number of benzene rings is 1. The summed E-state index contributed by atoms with van der Waals surface area (Å²) < 4.78 is 9.05. The van der Waals surface area contributed by atoms with E-state index in [0.29, 0.717) is 18.5 Å². The fourth-order valence-corrected chi connectivity index (χ4v) is 3.16. The Morgan fingerprint density at radius 1 is 1.18 bits per heavy atom. The summed E-state index contributed by atoms with van der Waals surface area (Å²) in [6, 6.07) is 8.35. The van der Waals surface area contributed by atoms with Crippen molar-refractivity contribution in [3.05, 3.63) is 59.2 Å². The first-order chi connectivity index (χ1) is 13.5. The maximum absolute atomic E-state index is 5.47. The van der Waals surface area contributed by atoms with Crippen LogP contribution in [0.15, 0.2) is 36.7 Å². The molecule has 0 aliphatic carbocycles. The molecule has 148 valence electrons. The highest BCUT2D eigenvalue weighted by atomic mass is 32.1. The third kappa shape index (κ3) is 4.76. The summed E-state index contributed by atoms with van der Waals surface area (Å²) in [4.78, 5) is 0. The number of nitrogens with one attached hydrogen (secondary N) is 2. The Balaban J connectivity index is 1.67. The maximum atomic E-state index is 5.47. The largest absolute Gasteiger partial charge is 0.360 e. The summed E-state index contributed by atoms with van der Waals surface area (Å²) in [6.07, 6.45) is 3.57. The number of hydrogen-bond acceptors (Lipinski definition) is 4. The van der Waals surface area contributed by atoms with Crippen molar-refractivity contribution in [2.45, 2.75) is 41.0 Å². The number of anilines is 2. The van der Waals surface area contributed by atoms with Crippen LogP contribution in [0.25, 0.3) is 0 Å². The number of nitrogens with zero attached hydrogens (tertiary/aromatic N) is 4. The zero-order valence-corrected chi connectivity index (χ0v) is 17.5. The highest BCUT2D eigenvalue weighted by molar-refractivity contribution is 7.80. The fraction of sp³-hybridized carbons (Fsp3) is 0.350. The van der Waals surface area contributed by atoms with E-state index in [4.69, 9.17) is 17.0 Å². The number of aromatic nitrogens is 4. The van der Waals surface area contributed by atoms with E-state index in [-0.39, 0.29) is 0 Å². The van der Waals surface area contributed by atoms with Gasteiger partial charge in [0.05, 0.1) is 41.7 Å². The van der Waals surface area contributed by atoms with Crippen molar-refractivity contribution < 1.29 is 4.74 Å². The SMILES string of the molecule is CCOCn1cc(NC(=S)Nc2c(C)nn(Cc3ccccc3C)c2C)cn1. The van der Waals surface area contributed by atoms with Crippen molar-refractivity contribution in [2.75, 3.05) is 17.2 Å². The molecule has 0 amide bonds. The Bertz CT molecular complexity index is 962. The second-order valence-electron chi connectivity index (χ2n) is 6.60. The first-order valence-electron chi connectivity index (χ1n) is 9.24. The standard InChI is InChI=1S/C20H26N6OS/c1-5-27-13-25-12-18(10-21-25)22-20(28)23-19-15(3)24-26(16(19)4)11-17-9-7-6-8-14(17)2/h6-10,12H,5,11,13H2,1-4H3,(H2,22,23,28). The predicted octanol–water partition coefficient (Wildman–Crippen LogP) is 3.86. The van der Waals surface area contributed by atoms with Crippen molar-refractivity contribution in [3.63, 3.8) is 0 Å². The quantitative estimate of drug-likeness (QED) is 0.589. The number of ether oxygens (including phenoxy) is 1. The van der Waals surface area contributed by atoms with E-state index in [1.165, 1.54) is 11.1 Å². The maximum Gasteiger partial charge on any atom is 0.175 e. The zero-order valence-electron chi connectivity index (χ0n) is 16.7. The number of rotatable bonds is 7. The van der Waals surface area contributed by atoms with Crippen LogP contribution in [-0.4, -0.2) is 31.3 Å². The second kappa shape index (κ2) is 8.99. The Morgan fingerprint density at radius 2 is 1.96 bits per heavy atom. The summed E-state index contributed by atoms with van der Waals surface area (Å²) in [5.74, 6) is 0. The minimum atomic E-state index is 0.419. The fourth-order valence-electron chi connectivity index (χ4n) is 2.94. The topological polar surface area (TPSA) is 68.9 Å². The van der Waals surface area contributed by atoms with E-state index < -0.39 is 0 Å². The number of hydrogen-bond donors (Lipinski definition) is 2. The van der Waals surface area contributed by atoms with Crippen LogP contribution in [0.2, 0.25) is 0 Å². The van der Waals surface area contributed by atoms with Gasteiger partial charge >= 0.3 is 0 Å². The molecule has 0 saturated carbocycles. The van der Waals surface area contributed by atoms with E-state index >= 15 is 0 Å². The summed E-state index contributed by atoms with van der Waals surface area (Å²) in [5, 5.41) is 15.8. The molecule has 3 aromatic rings. The van der Waals surface area contributed by atoms with Gasteiger partial charge < -0.3 is 15.4 Å². The molecule has 0 aliphatic heterocycles. The minimum absolute atomic E-state index is 0.419. The molecule has 0 radical (unpaired) electrons. The molecule has 2 aromatic heterocycles. The normalized spacial score (nSPS) is 10.9. The van der Waals surface area contributed by atoms with Crippen LogP contribution in [0.5, 0.6) is 0 Å². The van der Waals surface area contributed by atoms with Crippen LogP contribution in [0, 0.1) is 20.8 Å². The molecule has 0 aliphatic rings. The van der Waals surface area contributed by atoms with Gasteiger partial charge in [-0.25, -0.2) is 4.68 Å². The molecule has 0 bridgehead atoms. The van der Waals surface area contributed by atoms with Crippen LogP contribution >= 0.6 is 12.2 Å². The van der Waals surface area contributed by atoms with Gasteiger partial charge in [-0.1, -0.05) is 24.3 Å². The van der Waals surface area contributed by atoms with Crippen LogP contribution in [0.3, 0.4) is 0 Å². The summed E-state index contributed by atoms with van der Waals surface area (Å²) in [7, 11) is 0. The van der Waals surface area contributed by atoms with E-state index in [9.17, 15) is 0 Å². The van der Waals surface area contributed by atoms with E-state index in [0.717, 1.165) is 29.3 Å². The van der Waals surface area contributed by atoms with Crippen LogP contribution in [0.1, 0.15) is 29.4 Å². The van der Waals surface area contributed by atoms with Crippen LogP contribution < -0.4 is 10.6 Å². The summed E-state index contributed by atoms with van der Waals surface area (Å²) >= 11 is 5.47. The van der Waals surface area contributed by atoms with Gasteiger partial charge in [-0.3, -0.25) is 4.68 Å². The molecule has 7 nitrogen and oxygen atoms in total. The molecule has 1 aromatic carbocycles. The van der Waals surface area contributed by atoms with E-state index in [2.05, 4.69) is 46.0 Å². The van der Waals surface area contributed by atoms with Gasteiger partial charge in [-0.2, -0.15) is 10.2 Å². The summed E-state index contributed by atoms with van der Waals surface area (Å²) in [5.41, 5.74) is 6.18. The molecule has 3 rings (SSSR count). The lowest BCUT2D eigenvalue weighted by Gasteiger charge is -2.11. The monoisotopic (exact) mass is 398 g/mol. The lowest BCUT2D eigenvalue weighted by atomic mass is 10.1. The highest BCUT2D eigenvalue weighted by Gasteiger charge is 2.14. The molecule has 2 heterocycles. The molecular weight excluding hydrogens is 372 g/mol. The molecule has 0 unspecified atom stereocenters. The predicted molar refractivity (Wildman–Crippen MR) is 116 cm³/mol. The third-order valence-electron chi connectivity index (χ3n) is 4.52. The Kier molecular flexibility index (Phi) is 6.43. The Morgan fingerprint density at radius 3 is 2.71 bits per heavy atom.